The number of hydrogen-bond donors (Lipinski definition) is 1. The Kier molecular flexibility index (Phi) is 6.00. The molecule has 3 rings (SSSR count). The molecular formula is C20H21FN4O3. The number of carbonyl (C=O) groups is 1. The van der Waals surface area contributed by atoms with Gasteiger partial charge in [0.05, 0.1) is 0 Å². The molecule has 0 aliphatic heterocycles. The Morgan fingerprint density at radius 1 is 1.11 bits per heavy atom. The van der Waals surface area contributed by atoms with E-state index >= 15 is 0 Å². The quantitative estimate of drug-likeness (QED) is 0.674. The maximum Gasteiger partial charge on any atom is 0.437 e. The van der Waals surface area contributed by atoms with Crippen LogP contribution in [-0.4, -0.2) is 34.7 Å². The molecule has 1 amide bonds. The number of aromatic nitrogens is 2. The van der Waals surface area contributed by atoms with E-state index in [-0.39, 0.29) is 18.3 Å². The van der Waals surface area contributed by atoms with E-state index in [0.717, 1.165) is 16.8 Å². The molecule has 0 radical (unpaired) electrons. The first kappa shape index (κ1) is 19.5. The van der Waals surface area contributed by atoms with Crippen molar-refractivity contribution in [2.24, 2.45) is 0 Å². The Morgan fingerprint density at radius 3 is 2.39 bits per heavy atom. The minimum Gasteiger partial charge on any atom is -0.388 e. The van der Waals surface area contributed by atoms with E-state index in [1.807, 2.05) is 38.4 Å². The van der Waals surface area contributed by atoms with Gasteiger partial charge < -0.3 is 14.6 Å². The molecule has 7 nitrogen and oxygen atoms in total. The summed E-state index contributed by atoms with van der Waals surface area (Å²) in [6.07, 6.45) is 0. The maximum absolute atomic E-state index is 13.0. The molecule has 0 atom stereocenters. The molecule has 8 heteroatoms. The molecule has 0 spiro atoms. The molecule has 0 saturated carbocycles. The van der Waals surface area contributed by atoms with Crippen LogP contribution in [-0.2, 0) is 24.4 Å². The van der Waals surface area contributed by atoms with Crippen molar-refractivity contribution in [1.29, 1.82) is 0 Å². The molecule has 0 unspecified atom stereocenters. The second-order valence-electron chi connectivity index (χ2n) is 6.67. The van der Waals surface area contributed by atoms with Crippen molar-refractivity contribution in [3.8, 4) is 11.5 Å². The Morgan fingerprint density at radius 2 is 1.75 bits per heavy atom. The van der Waals surface area contributed by atoms with Gasteiger partial charge in [-0.15, -0.1) is 5.10 Å². The Hall–Kier alpha value is -3.26. The van der Waals surface area contributed by atoms with Crippen molar-refractivity contribution in [3.63, 3.8) is 0 Å². The van der Waals surface area contributed by atoms with E-state index in [1.165, 1.54) is 29.8 Å². The van der Waals surface area contributed by atoms with Crippen LogP contribution in [0.1, 0.15) is 11.1 Å². The molecule has 146 valence electrons. The highest BCUT2D eigenvalue weighted by Gasteiger charge is 2.13. The van der Waals surface area contributed by atoms with Crippen molar-refractivity contribution in [2.45, 2.75) is 19.6 Å². The predicted octanol–water partition coefficient (Wildman–Crippen LogP) is 2.02. The highest BCUT2D eigenvalue weighted by molar-refractivity contribution is 5.75. The van der Waals surface area contributed by atoms with Crippen molar-refractivity contribution < 1.29 is 13.6 Å². The smallest absolute Gasteiger partial charge is 0.388 e. The summed E-state index contributed by atoms with van der Waals surface area (Å²) in [5.74, 6) is -1.48. The number of rotatable bonds is 7. The second kappa shape index (κ2) is 8.62. The van der Waals surface area contributed by atoms with Gasteiger partial charge in [-0.3, -0.25) is 4.79 Å². The summed E-state index contributed by atoms with van der Waals surface area (Å²) in [6.45, 7) is 0.929. The van der Waals surface area contributed by atoms with Crippen LogP contribution in [0.3, 0.4) is 0 Å². The summed E-state index contributed by atoms with van der Waals surface area (Å²) >= 11 is 0. The number of halogens is 1. The van der Waals surface area contributed by atoms with E-state index in [0.29, 0.717) is 12.1 Å². The Bertz CT molecular complexity index is 992. The van der Waals surface area contributed by atoms with Gasteiger partial charge in [0, 0.05) is 18.7 Å². The zero-order valence-corrected chi connectivity index (χ0v) is 15.7. The number of nitrogens with zero attached hydrogens (tertiary/aromatic N) is 3. The summed E-state index contributed by atoms with van der Waals surface area (Å²) in [5, 5.41) is 6.74. The van der Waals surface area contributed by atoms with E-state index < -0.39 is 11.6 Å². The van der Waals surface area contributed by atoms with Gasteiger partial charge in [-0.1, -0.05) is 24.3 Å². The number of nitrogens with one attached hydrogen (secondary N) is 1. The summed E-state index contributed by atoms with van der Waals surface area (Å²) in [6, 6.07) is 13.3. The van der Waals surface area contributed by atoms with Crippen LogP contribution in [0.5, 0.6) is 0 Å². The molecule has 1 heterocycles. The first-order chi connectivity index (χ1) is 13.4. The lowest BCUT2D eigenvalue weighted by molar-refractivity contribution is -0.122. The standard InChI is InChI=1S/C20H21FN4O3/c1-24(2)12-15-5-3-14(4-6-15)11-22-18(26)13-25-20(27)28-19(23-25)16-7-9-17(21)10-8-16/h3-10H,11-13H2,1-2H3,(H,22,26). The van der Waals surface area contributed by atoms with Gasteiger partial charge in [0.2, 0.25) is 11.8 Å². The van der Waals surface area contributed by atoms with Gasteiger partial charge in [0.25, 0.3) is 0 Å². The van der Waals surface area contributed by atoms with Gasteiger partial charge in [0.1, 0.15) is 12.4 Å². The normalized spacial score (nSPS) is 11.0. The summed E-state index contributed by atoms with van der Waals surface area (Å²) < 4.78 is 19.0. The largest absolute Gasteiger partial charge is 0.437 e. The molecule has 3 aromatic rings. The lowest BCUT2D eigenvalue weighted by Crippen LogP contribution is -2.31. The summed E-state index contributed by atoms with van der Waals surface area (Å²) in [5.41, 5.74) is 2.59. The minimum atomic E-state index is -0.748. The zero-order chi connectivity index (χ0) is 20.1. The fourth-order valence-corrected chi connectivity index (χ4v) is 2.64. The van der Waals surface area contributed by atoms with Crippen LogP contribution < -0.4 is 11.1 Å². The number of amides is 1. The molecule has 0 aliphatic carbocycles. The first-order valence-electron chi connectivity index (χ1n) is 8.74. The predicted molar refractivity (Wildman–Crippen MR) is 102 cm³/mol. The lowest BCUT2D eigenvalue weighted by Gasteiger charge is -2.10. The van der Waals surface area contributed by atoms with Crippen LogP contribution >= 0.6 is 0 Å². The van der Waals surface area contributed by atoms with Crippen LogP contribution in [0.2, 0.25) is 0 Å². The zero-order valence-electron chi connectivity index (χ0n) is 15.7. The fraction of sp³-hybridized carbons (Fsp3) is 0.250. The minimum absolute atomic E-state index is 0.0364. The maximum atomic E-state index is 13.0. The molecule has 1 aromatic heterocycles. The van der Waals surface area contributed by atoms with Gasteiger partial charge >= 0.3 is 5.76 Å². The fourth-order valence-electron chi connectivity index (χ4n) is 2.64. The molecule has 0 bridgehead atoms. The Balaban J connectivity index is 1.58. The number of hydrogen-bond acceptors (Lipinski definition) is 5. The van der Waals surface area contributed by atoms with Crippen molar-refractivity contribution in [3.05, 3.63) is 76.0 Å². The summed E-state index contributed by atoms with van der Waals surface area (Å²) in [4.78, 5) is 26.1. The van der Waals surface area contributed by atoms with Crippen molar-refractivity contribution in [1.82, 2.24) is 20.0 Å². The average molecular weight is 384 g/mol. The monoisotopic (exact) mass is 384 g/mol. The average Bonchev–Trinajstić information content (AvgIpc) is 3.02. The van der Waals surface area contributed by atoms with E-state index in [2.05, 4.69) is 15.3 Å². The van der Waals surface area contributed by atoms with Crippen LogP contribution in [0.15, 0.2) is 57.7 Å². The van der Waals surface area contributed by atoms with Crippen molar-refractivity contribution >= 4 is 5.91 Å². The molecule has 1 N–H and O–H groups in total. The molecule has 0 fully saturated rings. The molecule has 0 saturated heterocycles. The first-order valence-corrected chi connectivity index (χ1v) is 8.74. The third kappa shape index (κ3) is 5.14. The highest BCUT2D eigenvalue weighted by atomic mass is 19.1. The molecule has 2 aromatic carbocycles. The van der Waals surface area contributed by atoms with Crippen LogP contribution in [0.4, 0.5) is 4.39 Å². The molecular weight excluding hydrogens is 363 g/mol. The second-order valence-corrected chi connectivity index (χ2v) is 6.67. The van der Waals surface area contributed by atoms with Gasteiger partial charge in [-0.05, 0) is 49.5 Å². The molecule has 28 heavy (non-hydrogen) atoms. The SMILES string of the molecule is CN(C)Cc1ccc(CNC(=O)Cn2nc(-c3ccc(F)cc3)oc2=O)cc1. The van der Waals surface area contributed by atoms with Gasteiger partial charge in [-0.2, -0.15) is 4.68 Å². The lowest BCUT2D eigenvalue weighted by atomic mass is 10.1. The third-order valence-electron chi connectivity index (χ3n) is 4.00. The highest BCUT2D eigenvalue weighted by Crippen LogP contribution is 2.15. The Labute approximate surface area is 161 Å². The van der Waals surface area contributed by atoms with Gasteiger partial charge in [0.15, 0.2) is 0 Å². The number of carbonyl (C=O) groups excluding carboxylic acids is 1. The van der Waals surface area contributed by atoms with Crippen LogP contribution in [0.25, 0.3) is 11.5 Å². The van der Waals surface area contributed by atoms with E-state index in [9.17, 15) is 14.0 Å². The van der Waals surface area contributed by atoms with Crippen LogP contribution in [0, 0.1) is 5.82 Å². The molecule has 0 aliphatic rings. The van der Waals surface area contributed by atoms with E-state index in [4.69, 9.17) is 4.42 Å². The number of benzene rings is 2. The van der Waals surface area contributed by atoms with Crippen molar-refractivity contribution in [2.75, 3.05) is 14.1 Å². The topological polar surface area (TPSA) is 80.4 Å². The van der Waals surface area contributed by atoms with E-state index in [1.54, 1.807) is 0 Å². The third-order valence-corrected chi connectivity index (χ3v) is 4.00. The van der Waals surface area contributed by atoms with Gasteiger partial charge in [-0.25, -0.2) is 9.18 Å². The summed E-state index contributed by atoms with van der Waals surface area (Å²) in [7, 11) is 4.00.